The van der Waals surface area contributed by atoms with Crippen LogP contribution in [0, 0.1) is 11.8 Å². The molecule has 2 aromatic carbocycles. The van der Waals surface area contributed by atoms with Crippen molar-refractivity contribution in [3.8, 4) is 11.8 Å². The van der Waals surface area contributed by atoms with Gasteiger partial charge in [0.2, 0.25) is 12.2 Å². The first kappa shape index (κ1) is 20.0. The van der Waals surface area contributed by atoms with E-state index in [1.165, 1.54) is 6.92 Å². The molecule has 0 aromatic heterocycles. The predicted molar refractivity (Wildman–Crippen MR) is 105 cm³/mol. The fraction of sp³-hybridized carbons (Fsp3) is 0.286. The molecule has 0 heterocycles. The molecule has 2 rings (SSSR count). The maximum atomic E-state index is 12.3. The van der Waals surface area contributed by atoms with E-state index in [1.807, 2.05) is 38.1 Å². The Balaban J connectivity index is 2.43. The smallest absolute Gasteiger partial charge is 0.228 e. The summed E-state index contributed by atoms with van der Waals surface area (Å²) in [6.45, 7) is 6.30. The molecule has 0 saturated carbocycles. The topological polar surface area (TPSA) is 38.8 Å². The number of nitrogens with zero attached hydrogens (tertiary/aromatic N) is 1. The zero-order valence-electron chi connectivity index (χ0n) is 15.2. The number of anilines is 2. The van der Waals surface area contributed by atoms with Crippen LogP contribution in [0.4, 0.5) is 11.4 Å². The molecule has 0 aliphatic carbocycles. The summed E-state index contributed by atoms with van der Waals surface area (Å²) in [6, 6.07) is 14.6. The monoisotopic (exact) mass is 371 g/mol. The number of halogens is 1. The van der Waals surface area contributed by atoms with Gasteiger partial charge in [0.1, 0.15) is 0 Å². The number of benzene rings is 2. The Kier molecular flexibility index (Phi) is 7.68. The molecule has 0 radical (unpaired) electrons. The van der Waals surface area contributed by atoms with Gasteiger partial charge in [0.25, 0.3) is 0 Å². The van der Waals surface area contributed by atoms with Crippen molar-refractivity contribution in [1.82, 2.24) is 0 Å². The molecule has 4 nitrogen and oxygen atoms in total. The standard InChI is InChI=1S/C21H22ClNO3/c1-4-25-21(26-5-2)15-10-17-8-6-7-9-20(17)23(16(3)24)19-13-11-18(22)12-14-19/h6-9,11-14,21H,4-5H2,1-3H3. The molecule has 5 heteroatoms. The van der Waals surface area contributed by atoms with Crippen molar-refractivity contribution in [3.63, 3.8) is 0 Å². The number of amides is 1. The van der Waals surface area contributed by atoms with E-state index < -0.39 is 6.29 Å². The third kappa shape index (κ3) is 5.34. The maximum Gasteiger partial charge on any atom is 0.228 e. The highest BCUT2D eigenvalue weighted by Gasteiger charge is 2.17. The lowest BCUT2D eigenvalue weighted by Gasteiger charge is -2.23. The van der Waals surface area contributed by atoms with Crippen molar-refractivity contribution in [1.29, 1.82) is 0 Å². The van der Waals surface area contributed by atoms with Gasteiger partial charge in [-0.25, -0.2) is 0 Å². The summed E-state index contributed by atoms with van der Waals surface area (Å²) >= 11 is 5.96. The third-order valence-electron chi connectivity index (χ3n) is 3.51. The Hall–Kier alpha value is -2.32. The Morgan fingerprint density at radius 1 is 1.08 bits per heavy atom. The largest absolute Gasteiger partial charge is 0.342 e. The zero-order valence-corrected chi connectivity index (χ0v) is 15.9. The molecule has 0 atom stereocenters. The van der Waals surface area contributed by atoms with Crippen LogP contribution in [0.1, 0.15) is 26.3 Å². The molecular formula is C21H22ClNO3. The average molecular weight is 372 g/mol. The van der Waals surface area contributed by atoms with Gasteiger partial charge in [-0.05, 0) is 56.2 Å². The van der Waals surface area contributed by atoms with E-state index in [0.717, 1.165) is 5.69 Å². The minimum Gasteiger partial charge on any atom is -0.342 e. The van der Waals surface area contributed by atoms with Crippen LogP contribution < -0.4 is 4.90 Å². The number of hydrogen-bond donors (Lipinski definition) is 0. The summed E-state index contributed by atoms with van der Waals surface area (Å²) in [4.78, 5) is 13.9. The van der Waals surface area contributed by atoms with Gasteiger partial charge in [0.15, 0.2) is 0 Å². The van der Waals surface area contributed by atoms with Gasteiger partial charge in [0, 0.05) is 36.4 Å². The molecule has 0 aliphatic heterocycles. The van der Waals surface area contributed by atoms with Crippen molar-refractivity contribution in [2.75, 3.05) is 18.1 Å². The quantitative estimate of drug-likeness (QED) is 0.542. The van der Waals surface area contributed by atoms with Crippen LogP contribution in [0.15, 0.2) is 48.5 Å². The van der Waals surface area contributed by atoms with Crippen LogP contribution in [-0.2, 0) is 14.3 Å². The van der Waals surface area contributed by atoms with E-state index >= 15 is 0 Å². The molecule has 0 aliphatic rings. The first-order chi connectivity index (χ1) is 12.6. The van der Waals surface area contributed by atoms with Crippen molar-refractivity contribution >= 4 is 28.9 Å². The number of hydrogen-bond acceptors (Lipinski definition) is 3. The van der Waals surface area contributed by atoms with E-state index in [-0.39, 0.29) is 5.91 Å². The SMILES string of the molecule is CCOC(C#Cc1ccccc1N(C(C)=O)c1ccc(Cl)cc1)OCC. The number of carbonyl (C=O) groups excluding carboxylic acids is 1. The molecular weight excluding hydrogens is 350 g/mol. The number of carbonyl (C=O) groups is 1. The lowest BCUT2D eigenvalue weighted by molar-refractivity contribution is -0.115. The highest BCUT2D eigenvalue weighted by molar-refractivity contribution is 6.30. The Morgan fingerprint density at radius 2 is 1.69 bits per heavy atom. The van der Waals surface area contributed by atoms with Gasteiger partial charge >= 0.3 is 0 Å². The molecule has 0 N–H and O–H groups in total. The van der Waals surface area contributed by atoms with E-state index in [9.17, 15) is 4.79 Å². The van der Waals surface area contributed by atoms with Crippen LogP contribution in [-0.4, -0.2) is 25.4 Å². The van der Waals surface area contributed by atoms with E-state index in [1.54, 1.807) is 29.2 Å². The fourth-order valence-corrected chi connectivity index (χ4v) is 2.55. The van der Waals surface area contributed by atoms with Gasteiger partial charge < -0.3 is 9.47 Å². The van der Waals surface area contributed by atoms with Crippen LogP contribution in [0.3, 0.4) is 0 Å². The van der Waals surface area contributed by atoms with Gasteiger partial charge in [-0.15, -0.1) is 0 Å². The van der Waals surface area contributed by atoms with Crippen LogP contribution in [0.2, 0.25) is 5.02 Å². The van der Waals surface area contributed by atoms with E-state index in [4.69, 9.17) is 21.1 Å². The highest BCUT2D eigenvalue weighted by atomic mass is 35.5. The normalized spacial score (nSPS) is 10.3. The van der Waals surface area contributed by atoms with Gasteiger partial charge in [-0.1, -0.05) is 29.7 Å². The summed E-state index contributed by atoms with van der Waals surface area (Å²) in [7, 11) is 0. The lowest BCUT2D eigenvalue weighted by Crippen LogP contribution is -2.23. The molecule has 136 valence electrons. The van der Waals surface area contributed by atoms with E-state index in [0.29, 0.717) is 29.5 Å². The molecule has 0 saturated heterocycles. The molecule has 1 amide bonds. The Labute approximate surface area is 159 Å². The van der Waals surface area contributed by atoms with Crippen LogP contribution in [0.5, 0.6) is 0 Å². The van der Waals surface area contributed by atoms with Crippen molar-refractivity contribution < 1.29 is 14.3 Å². The number of ether oxygens (including phenoxy) is 2. The summed E-state index contributed by atoms with van der Waals surface area (Å²) in [5, 5.41) is 0.613. The fourth-order valence-electron chi connectivity index (χ4n) is 2.43. The molecule has 26 heavy (non-hydrogen) atoms. The second-order valence-corrected chi connectivity index (χ2v) is 5.80. The lowest BCUT2D eigenvalue weighted by atomic mass is 10.1. The second-order valence-electron chi connectivity index (χ2n) is 5.36. The molecule has 0 fully saturated rings. The van der Waals surface area contributed by atoms with Crippen LogP contribution in [0.25, 0.3) is 0 Å². The Bertz CT molecular complexity index is 787. The molecule has 0 unspecified atom stereocenters. The van der Waals surface area contributed by atoms with Crippen molar-refractivity contribution in [2.45, 2.75) is 27.1 Å². The Morgan fingerprint density at radius 3 is 2.27 bits per heavy atom. The van der Waals surface area contributed by atoms with Crippen molar-refractivity contribution in [2.24, 2.45) is 0 Å². The summed E-state index contributed by atoms with van der Waals surface area (Å²) in [5.74, 6) is 5.94. The summed E-state index contributed by atoms with van der Waals surface area (Å²) in [5.41, 5.74) is 2.13. The second kappa shape index (κ2) is 9.98. The third-order valence-corrected chi connectivity index (χ3v) is 3.76. The maximum absolute atomic E-state index is 12.3. The molecule has 0 spiro atoms. The molecule has 0 bridgehead atoms. The predicted octanol–water partition coefficient (Wildman–Crippen LogP) is 4.78. The minimum atomic E-state index is -0.598. The van der Waals surface area contributed by atoms with E-state index in [2.05, 4.69) is 11.8 Å². The molecule has 2 aromatic rings. The van der Waals surface area contributed by atoms with Crippen LogP contribution >= 0.6 is 11.6 Å². The first-order valence-corrected chi connectivity index (χ1v) is 8.84. The van der Waals surface area contributed by atoms with Gasteiger partial charge in [0.05, 0.1) is 5.69 Å². The highest BCUT2D eigenvalue weighted by Crippen LogP contribution is 2.29. The van der Waals surface area contributed by atoms with Gasteiger partial charge in [-0.3, -0.25) is 9.69 Å². The number of para-hydroxylation sites is 1. The number of rotatable bonds is 6. The summed E-state index contributed by atoms with van der Waals surface area (Å²) in [6.07, 6.45) is -0.598. The van der Waals surface area contributed by atoms with Crippen molar-refractivity contribution in [3.05, 3.63) is 59.1 Å². The zero-order chi connectivity index (χ0) is 18.9. The minimum absolute atomic E-state index is 0.118. The van der Waals surface area contributed by atoms with Gasteiger partial charge in [-0.2, -0.15) is 0 Å². The average Bonchev–Trinajstić information content (AvgIpc) is 2.62. The summed E-state index contributed by atoms with van der Waals surface area (Å²) < 4.78 is 10.9. The first-order valence-electron chi connectivity index (χ1n) is 8.46.